The number of amides is 2. The summed E-state index contributed by atoms with van der Waals surface area (Å²) in [6, 6.07) is -0.464. The monoisotopic (exact) mass is 436 g/mol. The molecule has 12 heteroatoms. The topological polar surface area (TPSA) is 134 Å². The summed E-state index contributed by atoms with van der Waals surface area (Å²) in [5, 5.41) is 14.1. The van der Waals surface area contributed by atoms with Gasteiger partial charge in [0.2, 0.25) is 0 Å². The summed E-state index contributed by atoms with van der Waals surface area (Å²) in [6.07, 6.45) is 3.98. The van der Waals surface area contributed by atoms with Crippen LogP contribution >= 0.6 is 12.0 Å². The first kappa shape index (κ1) is 21.5. The average molecular weight is 437 g/mol. The molecule has 158 valence electrons. The van der Waals surface area contributed by atoms with Crippen LogP contribution in [0.4, 0.5) is 0 Å². The van der Waals surface area contributed by atoms with Crippen molar-refractivity contribution in [1.82, 2.24) is 10.0 Å². The van der Waals surface area contributed by atoms with E-state index in [2.05, 4.69) is 16.0 Å². The lowest BCUT2D eigenvalue weighted by molar-refractivity contribution is -0.432. The average Bonchev–Trinajstić information content (AvgIpc) is 2.90. The highest BCUT2D eigenvalue weighted by molar-refractivity contribution is 7.95. The third-order valence-electron chi connectivity index (χ3n) is 5.77. The molecule has 0 unspecified atom stereocenters. The normalized spacial score (nSPS) is 32.3. The molecule has 2 N–H and O–H groups in total. The van der Waals surface area contributed by atoms with E-state index in [4.69, 9.17) is 5.26 Å². The van der Waals surface area contributed by atoms with Crippen LogP contribution in [0.5, 0.6) is 0 Å². The highest BCUT2D eigenvalue weighted by atomic mass is 32.2. The van der Waals surface area contributed by atoms with E-state index in [0.29, 0.717) is 38.5 Å². The Hall–Kier alpha value is -1.18. The molecule has 0 aromatic rings. The summed E-state index contributed by atoms with van der Waals surface area (Å²) in [7, 11) is -4.10. The molecule has 0 atom stereocenters. The van der Waals surface area contributed by atoms with Gasteiger partial charge in [-0.2, -0.15) is 8.42 Å². The van der Waals surface area contributed by atoms with Crippen LogP contribution in [0.15, 0.2) is 12.2 Å². The van der Waals surface area contributed by atoms with Gasteiger partial charge in [0.05, 0.1) is 17.3 Å². The van der Waals surface area contributed by atoms with Crippen molar-refractivity contribution in [2.24, 2.45) is 0 Å². The van der Waals surface area contributed by atoms with E-state index in [1.807, 2.05) is 0 Å². The van der Waals surface area contributed by atoms with Crippen LogP contribution < -0.4 is 0 Å². The molecule has 0 aromatic carbocycles. The minimum Gasteiger partial charge on any atom is -0.285 e. The zero-order chi connectivity index (χ0) is 20.5. The molecule has 3 fully saturated rings. The van der Waals surface area contributed by atoms with Gasteiger partial charge in [-0.15, -0.1) is 4.33 Å². The summed E-state index contributed by atoms with van der Waals surface area (Å²) < 4.78 is 36.5. The van der Waals surface area contributed by atoms with Gasteiger partial charge in [-0.1, -0.05) is 11.6 Å². The third kappa shape index (κ3) is 4.36. The summed E-state index contributed by atoms with van der Waals surface area (Å²) in [5.74, 6) is -0.846. The van der Waals surface area contributed by atoms with E-state index < -0.39 is 27.2 Å². The molecular formula is C16H24N2O8S2. The number of rotatable bonds is 6. The second kappa shape index (κ2) is 8.67. The number of hydrogen-bond acceptors (Lipinski definition) is 8. The Bertz CT molecular complexity index is 727. The number of nitrogens with zero attached hydrogens (tertiary/aromatic N) is 2. The highest BCUT2D eigenvalue weighted by Crippen LogP contribution is 2.37. The van der Waals surface area contributed by atoms with Gasteiger partial charge >= 0.3 is 0 Å². The molecule has 1 saturated heterocycles. The van der Waals surface area contributed by atoms with Crippen molar-refractivity contribution in [1.29, 1.82) is 0 Å². The lowest BCUT2D eigenvalue weighted by atomic mass is 9.93. The fourth-order valence-electron chi connectivity index (χ4n) is 4.29. The van der Waals surface area contributed by atoms with Gasteiger partial charge in [0.1, 0.15) is 5.57 Å². The van der Waals surface area contributed by atoms with E-state index in [1.165, 1.54) is 10.0 Å². The van der Waals surface area contributed by atoms with Crippen LogP contribution in [-0.2, 0) is 29.1 Å². The summed E-state index contributed by atoms with van der Waals surface area (Å²) >= 11 is 1.02. The molecule has 28 heavy (non-hydrogen) atoms. The number of carbonyl (C=O) groups is 2. The second-order valence-corrected chi connectivity index (χ2v) is 10.1. The fourth-order valence-corrected chi connectivity index (χ4v) is 5.77. The van der Waals surface area contributed by atoms with Crippen LogP contribution in [0.1, 0.15) is 51.4 Å². The van der Waals surface area contributed by atoms with E-state index in [-0.39, 0.29) is 35.7 Å². The maximum atomic E-state index is 12.7. The van der Waals surface area contributed by atoms with Crippen LogP contribution in [0, 0.1) is 0 Å². The molecule has 2 saturated carbocycles. The lowest BCUT2D eigenvalue weighted by Crippen LogP contribution is -2.54. The van der Waals surface area contributed by atoms with E-state index in [9.17, 15) is 22.6 Å². The molecular weight excluding hydrogens is 412 g/mol. The Kier molecular flexibility index (Phi) is 6.67. The van der Waals surface area contributed by atoms with Crippen LogP contribution in [-0.4, -0.2) is 62.6 Å². The fraction of sp³-hybridized carbons (Fsp3) is 0.750. The first-order valence-corrected chi connectivity index (χ1v) is 11.5. The van der Waals surface area contributed by atoms with E-state index in [1.54, 1.807) is 0 Å². The predicted molar refractivity (Wildman–Crippen MR) is 98.9 cm³/mol. The van der Waals surface area contributed by atoms with Crippen molar-refractivity contribution in [3.63, 3.8) is 0 Å². The second-order valence-electron chi connectivity index (χ2n) is 7.39. The van der Waals surface area contributed by atoms with Gasteiger partial charge in [0.15, 0.2) is 0 Å². The van der Waals surface area contributed by atoms with Crippen LogP contribution in [0.2, 0.25) is 0 Å². The van der Waals surface area contributed by atoms with Gasteiger partial charge in [-0.05, 0) is 51.4 Å². The minimum absolute atomic E-state index is 0.0783. The SMILES string of the molecule is C=C1C(=O)N(C2CCC(SOOO)CC2)N(C2CCC(S(=O)(=O)O)CC2)C1=O. The zero-order valence-corrected chi connectivity index (χ0v) is 16.9. The Morgan fingerprint density at radius 1 is 0.929 bits per heavy atom. The van der Waals surface area contributed by atoms with Crippen molar-refractivity contribution in [3.05, 3.63) is 12.2 Å². The Labute approximate surface area is 167 Å². The highest BCUT2D eigenvalue weighted by Gasteiger charge is 2.48. The quantitative estimate of drug-likeness (QED) is 0.159. The van der Waals surface area contributed by atoms with Crippen molar-refractivity contribution < 1.29 is 37.2 Å². The standard InChI is InChI=1S/C16H24N2O8S2/c1-10-15(19)17(11-2-6-13(7-3-11)27-26-25-21)18(16(10)20)12-4-8-14(9-5-12)28(22,23)24/h11-14,21H,1-9H2,(H,22,23,24). The molecule has 2 amide bonds. The summed E-state index contributed by atoms with van der Waals surface area (Å²) in [6.45, 7) is 3.63. The molecule has 0 spiro atoms. The Balaban J connectivity index is 1.69. The lowest BCUT2D eigenvalue weighted by Gasteiger charge is -2.43. The molecule has 0 bridgehead atoms. The maximum Gasteiger partial charge on any atom is 0.277 e. The van der Waals surface area contributed by atoms with Crippen LogP contribution in [0.25, 0.3) is 0 Å². The molecule has 2 aliphatic carbocycles. The van der Waals surface area contributed by atoms with Crippen molar-refractivity contribution >= 4 is 34.0 Å². The van der Waals surface area contributed by atoms with Gasteiger partial charge in [0.25, 0.3) is 21.9 Å². The van der Waals surface area contributed by atoms with Gasteiger partial charge in [-0.25, -0.2) is 15.3 Å². The summed E-state index contributed by atoms with van der Waals surface area (Å²) in [4.78, 5) is 25.4. The van der Waals surface area contributed by atoms with Gasteiger partial charge in [-0.3, -0.25) is 14.1 Å². The molecule has 3 aliphatic rings. The molecule has 0 radical (unpaired) electrons. The third-order valence-corrected chi connectivity index (χ3v) is 7.97. The van der Waals surface area contributed by atoms with Crippen molar-refractivity contribution in [2.75, 3.05) is 0 Å². The minimum atomic E-state index is -4.10. The van der Waals surface area contributed by atoms with Crippen LogP contribution in [0.3, 0.4) is 0 Å². The summed E-state index contributed by atoms with van der Waals surface area (Å²) in [5.41, 5.74) is -0.0783. The molecule has 10 nitrogen and oxygen atoms in total. The van der Waals surface area contributed by atoms with Gasteiger partial charge < -0.3 is 0 Å². The maximum absolute atomic E-state index is 12.7. The number of hydrogen-bond donors (Lipinski definition) is 2. The first-order chi connectivity index (χ1) is 13.2. The predicted octanol–water partition coefficient (Wildman–Crippen LogP) is 1.71. The first-order valence-electron chi connectivity index (χ1n) is 9.19. The zero-order valence-electron chi connectivity index (χ0n) is 15.2. The number of hydrazine groups is 1. The molecule has 1 heterocycles. The Morgan fingerprint density at radius 3 is 1.82 bits per heavy atom. The number of carbonyl (C=O) groups excluding carboxylic acids is 2. The van der Waals surface area contributed by atoms with Crippen molar-refractivity contribution in [3.8, 4) is 0 Å². The van der Waals surface area contributed by atoms with E-state index >= 15 is 0 Å². The Morgan fingerprint density at radius 2 is 1.39 bits per heavy atom. The molecule has 0 aromatic heterocycles. The van der Waals surface area contributed by atoms with Gasteiger partial charge in [0, 0.05) is 17.3 Å². The molecule has 1 aliphatic heterocycles. The van der Waals surface area contributed by atoms with Crippen molar-refractivity contribution in [2.45, 2.75) is 74.0 Å². The largest absolute Gasteiger partial charge is 0.285 e. The smallest absolute Gasteiger partial charge is 0.277 e. The van der Waals surface area contributed by atoms with E-state index in [0.717, 1.165) is 12.0 Å². The molecule has 3 rings (SSSR count).